The minimum atomic E-state index is -0.641. The predicted octanol–water partition coefficient (Wildman–Crippen LogP) is 7.78. The maximum absolute atomic E-state index is 15.6. The molecule has 1 aliphatic rings. The smallest absolute Gasteiger partial charge is 0.197 e. The lowest BCUT2D eigenvalue weighted by Crippen LogP contribution is -2.15. The first-order valence-electron chi connectivity index (χ1n) is 14.1. The summed E-state index contributed by atoms with van der Waals surface area (Å²) < 4.78 is 53.9. The Bertz CT molecular complexity index is 1560. The number of benzene rings is 2. The Morgan fingerprint density at radius 1 is 0.884 bits per heavy atom. The number of thiophene rings is 1. The van der Waals surface area contributed by atoms with Crippen LogP contribution in [-0.2, 0) is 17.9 Å². The number of Topliss-reactive ketones (excluding diaryl/α,β-unsaturated/α-hetero) is 2. The van der Waals surface area contributed by atoms with Crippen LogP contribution >= 0.6 is 11.3 Å². The van der Waals surface area contributed by atoms with E-state index in [0.29, 0.717) is 40.4 Å². The van der Waals surface area contributed by atoms with Gasteiger partial charge in [0.25, 0.3) is 0 Å². The fourth-order valence-electron chi connectivity index (χ4n) is 4.83. The third-order valence-electron chi connectivity index (χ3n) is 7.26. The summed E-state index contributed by atoms with van der Waals surface area (Å²) in [6.07, 6.45) is 2.12. The molecule has 0 atom stereocenters. The van der Waals surface area contributed by atoms with Gasteiger partial charge in [0.2, 0.25) is 0 Å². The first kappa shape index (κ1) is 32.0. The van der Waals surface area contributed by atoms with Gasteiger partial charge in [-0.25, -0.2) is 8.78 Å². The number of carbonyl (C=O) groups is 2. The van der Waals surface area contributed by atoms with Crippen molar-refractivity contribution < 1.29 is 37.3 Å². The van der Waals surface area contributed by atoms with E-state index in [1.54, 1.807) is 12.1 Å². The molecule has 0 bridgehead atoms. The molecule has 0 saturated heterocycles. The van der Waals surface area contributed by atoms with Gasteiger partial charge in [-0.1, -0.05) is 12.2 Å². The van der Waals surface area contributed by atoms with E-state index in [2.05, 4.69) is 13.2 Å². The number of halogens is 2. The highest BCUT2D eigenvalue weighted by Crippen LogP contribution is 2.41. The highest BCUT2D eigenvalue weighted by atomic mass is 32.1. The molecule has 2 aromatic carbocycles. The second-order valence-corrected chi connectivity index (χ2v) is 11.7. The molecule has 0 fully saturated rings. The van der Waals surface area contributed by atoms with Crippen molar-refractivity contribution in [3.05, 3.63) is 70.3 Å². The minimum absolute atomic E-state index is 0.0288. The van der Waals surface area contributed by atoms with Crippen LogP contribution in [0.2, 0.25) is 0 Å². The van der Waals surface area contributed by atoms with Crippen LogP contribution in [0.3, 0.4) is 0 Å². The number of fused-ring (bicyclic) bond motifs is 2. The summed E-state index contributed by atoms with van der Waals surface area (Å²) in [6.45, 7) is 12.6. The number of carbonyl (C=O) groups excluding carboxylic acids is 2. The van der Waals surface area contributed by atoms with Crippen molar-refractivity contribution in [2.75, 3.05) is 27.4 Å². The summed E-state index contributed by atoms with van der Waals surface area (Å²) in [6, 6.07) is 4.90. The van der Waals surface area contributed by atoms with Crippen molar-refractivity contribution in [1.29, 1.82) is 0 Å². The topological polar surface area (TPSA) is 74.3 Å². The maximum Gasteiger partial charge on any atom is 0.197 e. The van der Waals surface area contributed by atoms with E-state index in [-0.39, 0.29) is 60.3 Å². The molecule has 1 aliphatic heterocycles. The summed E-state index contributed by atoms with van der Waals surface area (Å²) in [7, 11) is 2.87. The standard InChI is InChI=1S/C33H37F2NO6S/c1-19(2)8-9-20(3)36-17-22-14-26(39-5)32(31(35)24(22)18-36)41-12-7-13-42-33-27(40-6)16-28-23(30(33)34)15-29(43-28)25(38)11-10-21(4)37/h14-16H,1,3,7-13,17-18H2,2,4-6H3. The van der Waals surface area contributed by atoms with Gasteiger partial charge >= 0.3 is 0 Å². The van der Waals surface area contributed by atoms with Gasteiger partial charge in [-0.05, 0) is 44.4 Å². The minimum Gasteiger partial charge on any atom is -0.493 e. The lowest BCUT2D eigenvalue weighted by molar-refractivity contribution is -0.116. The Hall–Kier alpha value is -3.92. The van der Waals surface area contributed by atoms with Crippen molar-refractivity contribution in [2.24, 2.45) is 0 Å². The largest absolute Gasteiger partial charge is 0.493 e. The average molecular weight is 614 g/mol. The van der Waals surface area contributed by atoms with Crippen molar-refractivity contribution >= 4 is 33.0 Å². The van der Waals surface area contributed by atoms with Crippen molar-refractivity contribution in [1.82, 2.24) is 4.90 Å². The Kier molecular flexibility index (Phi) is 10.4. The molecule has 10 heteroatoms. The highest BCUT2D eigenvalue weighted by Gasteiger charge is 2.28. The summed E-state index contributed by atoms with van der Waals surface area (Å²) in [5, 5.41) is 0.240. The van der Waals surface area contributed by atoms with Crippen molar-refractivity contribution in [3.63, 3.8) is 0 Å². The number of hydrogen-bond donors (Lipinski definition) is 0. The third-order valence-corrected chi connectivity index (χ3v) is 8.38. The second kappa shape index (κ2) is 14.0. The normalized spacial score (nSPS) is 12.3. The summed E-state index contributed by atoms with van der Waals surface area (Å²) in [4.78, 5) is 26.1. The number of hydrogen-bond acceptors (Lipinski definition) is 8. The van der Waals surface area contributed by atoms with Crippen LogP contribution in [0.4, 0.5) is 8.78 Å². The number of methoxy groups -OCH3 is 2. The molecule has 0 amide bonds. The summed E-state index contributed by atoms with van der Waals surface area (Å²) >= 11 is 1.14. The molecule has 43 heavy (non-hydrogen) atoms. The van der Waals surface area contributed by atoms with E-state index in [0.717, 1.165) is 41.0 Å². The quantitative estimate of drug-likeness (QED) is 0.0928. The van der Waals surface area contributed by atoms with Gasteiger partial charge in [0.05, 0.1) is 32.3 Å². The van der Waals surface area contributed by atoms with Gasteiger partial charge in [0.15, 0.2) is 40.4 Å². The van der Waals surface area contributed by atoms with Gasteiger partial charge in [0.1, 0.15) is 5.78 Å². The number of nitrogens with zero attached hydrogens (tertiary/aromatic N) is 1. The Morgan fingerprint density at radius 2 is 1.53 bits per heavy atom. The summed E-state index contributed by atoms with van der Waals surface area (Å²) in [5.74, 6) is -0.962. The fraction of sp³-hybridized carbons (Fsp3) is 0.394. The zero-order valence-electron chi connectivity index (χ0n) is 25.1. The van der Waals surface area contributed by atoms with Crippen LogP contribution in [0.25, 0.3) is 10.1 Å². The van der Waals surface area contributed by atoms with Crippen LogP contribution < -0.4 is 18.9 Å². The first-order valence-corrected chi connectivity index (χ1v) is 14.9. The van der Waals surface area contributed by atoms with E-state index in [9.17, 15) is 9.59 Å². The van der Waals surface area contributed by atoms with Crippen LogP contribution in [0.1, 0.15) is 66.8 Å². The zero-order valence-corrected chi connectivity index (χ0v) is 25.9. The molecular weight excluding hydrogens is 576 g/mol. The van der Waals surface area contributed by atoms with Gasteiger partial charge in [-0.2, -0.15) is 0 Å². The van der Waals surface area contributed by atoms with E-state index < -0.39 is 11.6 Å². The van der Waals surface area contributed by atoms with Crippen LogP contribution in [0.15, 0.2) is 42.6 Å². The monoisotopic (exact) mass is 613 g/mol. The molecule has 2 heterocycles. The predicted molar refractivity (Wildman–Crippen MR) is 164 cm³/mol. The molecule has 1 aromatic heterocycles. The van der Waals surface area contributed by atoms with E-state index in [1.165, 1.54) is 27.2 Å². The van der Waals surface area contributed by atoms with Gasteiger partial charge in [-0.3, -0.25) is 4.79 Å². The molecule has 0 N–H and O–H groups in total. The zero-order chi connectivity index (χ0) is 31.3. The van der Waals surface area contributed by atoms with E-state index >= 15 is 8.78 Å². The Labute approximate surface area is 254 Å². The van der Waals surface area contributed by atoms with E-state index in [4.69, 9.17) is 18.9 Å². The molecule has 0 radical (unpaired) electrons. The molecule has 0 saturated carbocycles. The Balaban J connectivity index is 1.39. The molecule has 3 aromatic rings. The first-order chi connectivity index (χ1) is 20.5. The van der Waals surface area contributed by atoms with Crippen molar-refractivity contribution in [3.8, 4) is 23.0 Å². The number of ketones is 2. The SMILES string of the molecule is C=C(C)CCC(=C)N1Cc2cc(OC)c(OCCCOc3c(OC)cc4sc(C(=O)CCC(C)=O)cc4c3F)c(F)c2C1. The third kappa shape index (κ3) is 7.36. The lowest BCUT2D eigenvalue weighted by Gasteiger charge is -2.20. The van der Waals surface area contributed by atoms with Gasteiger partial charge < -0.3 is 28.6 Å². The molecular formula is C33H37F2NO6S. The van der Waals surface area contributed by atoms with Crippen molar-refractivity contribution in [2.45, 2.75) is 59.0 Å². The molecule has 0 aliphatic carbocycles. The lowest BCUT2D eigenvalue weighted by atomic mass is 10.1. The molecule has 0 spiro atoms. The summed E-state index contributed by atoms with van der Waals surface area (Å²) in [5.41, 5.74) is 3.38. The highest BCUT2D eigenvalue weighted by molar-refractivity contribution is 7.20. The molecule has 4 rings (SSSR count). The number of allylic oxidation sites excluding steroid dienone is 2. The second-order valence-electron chi connectivity index (χ2n) is 10.7. The van der Waals surface area contributed by atoms with Crippen LogP contribution in [0, 0.1) is 11.6 Å². The number of rotatable bonds is 16. The van der Waals surface area contributed by atoms with Gasteiger partial charge in [-0.15, -0.1) is 17.9 Å². The van der Waals surface area contributed by atoms with Crippen LogP contribution in [0.5, 0.6) is 23.0 Å². The van der Waals surface area contributed by atoms with Gasteiger partial charge in [0, 0.05) is 59.8 Å². The average Bonchev–Trinajstić information content (AvgIpc) is 3.61. The molecule has 230 valence electrons. The van der Waals surface area contributed by atoms with E-state index in [1.807, 2.05) is 11.8 Å². The fourth-order valence-corrected chi connectivity index (χ4v) is 5.88. The molecule has 7 nitrogen and oxygen atoms in total. The Morgan fingerprint density at radius 3 is 2.16 bits per heavy atom. The number of ether oxygens (including phenoxy) is 4. The molecule has 0 unspecified atom stereocenters. The maximum atomic E-state index is 15.6. The van der Waals surface area contributed by atoms with Crippen LogP contribution in [-0.4, -0.2) is 43.9 Å².